The van der Waals surface area contributed by atoms with Crippen LogP contribution < -0.4 is 5.32 Å². The van der Waals surface area contributed by atoms with Crippen LogP contribution in [0.5, 0.6) is 0 Å². The van der Waals surface area contributed by atoms with E-state index in [9.17, 15) is 4.79 Å². The van der Waals surface area contributed by atoms with E-state index in [2.05, 4.69) is 21.2 Å². The Labute approximate surface area is 125 Å². The lowest BCUT2D eigenvalue weighted by Crippen LogP contribution is -2.24. The summed E-state index contributed by atoms with van der Waals surface area (Å²) in [5, 5.41) is 2.63. The third-order valence-electron chi connectivity index (χ3n) is 2.45. The Morgan fingerprint density at radius 2 is 2.05 bits per heavy atom. The molecule has 1 heterocycles. The summed E-state index contributed by atoms with van der Waals surface area (Å²) in [5.74, 6) is 0.719. The highest BCUT2D eigenvalue weighted by Crippen LogP contribution is 2.14. The highest BCUT2D eigenvalue weighted by Gasteiger charge is 2.00. The lowest BCUT2D eigenvalue weighted by molar-refractivity contribution is 0.141. The van der Waals surface area contributed by atoms with E-state index < -0.39 is 6.09 Å². The van der Waals surface area contributed by atoms with Crippen LogP contribution in [0.1, 0.15) is 11.3 Å². The minimum atomic E-state index is -0.445. The molecule has 0 bridgehead atoms. The standard InChI is InChI=1S/C15H14BrNO3/c16-14-9-8-13(20-14)7-4-10-17-15(18)19-11-12-5-2-1-3-6-12/h1-9H,10-11H2,(H,17,18). The Morgan fingerprint density at radius 3 is 2.75 bits per heavy atom. The van der Waals surface area contributed by atoms with Gasteiger partial charge in [-0.25, -0.2) is 4.79 Å². The third-order valence-corrected chi connectivity index (χ3v) is 2.88. The summed E-state index contributed by atoms with van der Waals surface area (Å²) in [7, 11) is 0. The number of furan rings is 1. The number of carbonyl (C=O) groups excluding carboxylic acids is 1. The number of benzene rings is 1. The van der Waals surface area contributed by atoms with Gasteiger partial charge in [0.2, 0.25) is 0 Å². The van der Waals surface area contributed by atoms with E-state index in [-0.39, 0.29) is 6.61 Å². The fourth-order valence-electron chi connectivity index (χ4n) is 1.51. The maximum absolute atomic E-state index is 11.4. The summed E-state index contributed by atoms with van der Waals surface area (Å²) in [6.07, 6.45) is 3.12. The summed E-state index contributed by atoms with van der Waals surface area (Å²) in [4.78, 5) is 11.4. The molecule has 0 atom stereocenters. The molecule has 1 aromatic carbocycles. The van der Waals surface area contributed by atoms with Crippen LogP contribution in [0.25, 0.3) is 6.08 Å². The number of carbonyl (C=O) groups is 1. The maximum atomic E-state index is 11.4. The van der Waals surface area contributed by atoms with Crippen LogP contribution in [0.15, 0.2) is 57.6 Å². The van der Waals surface area contributed by atoms with Crippen molar-refractivity contribution >= 4 is 28.1 Å². The van der Waals surface area contributed by atoms with Crippen molar-refractivity contribution in [1.82, 2.24) is 5.32 Å². The number of alkyl carbamates (subject to hydrolysis) is 1. The number of rotatable bonds is 5. The van der Waals surface area contributed by atoms with E-state index in [0.29, 0.717) is 11.2 Å². The molecule has 104 valence electrons. The molecule has 0 spiro atoms. The molecule has 0 saturated heterocycles. The molecule has 0 saturated carbocycles. The van der Waals surface area contributed by atoms with Gasteiger partial charge in [-0.3, -0.25) is 0 Å². The van der Waals surface area contributed by atoms with E-state index in [0.717, 1.165) is 11.3 Å². The molecule has 20 heavy (non-hydrogen) atoms. The summed E-state index contributed by atoms with van der Waals surface area (Å²) in [6.45, 7) is 0.646. The first kappa shape index (κ1) is 14.4. The Bertz CT molecular complexity index is 578. The van der Waals surface area contributed by atoms with Crippen molar-refractivity contribution in [3.63, 3.8) is 0 Å². The van der Waals surface area contributed by atoms with E-state index in [4.69, 9.17) is 9.15 Å². The van der Waals surface area contributed by atoms with Gasteiger partial charge in [-0.15, -0.1) is 0 Å². The van der Waals surface area contributed by atoms with E-state index in [1.807, 2.05) is 36.4 Å². The van der Waals surface area contributed by atoms with Crippen molar-refractivity contribution in [2.45, 2.75) is 6.61 Å². The molecule has 0 aliphatic rings. The van der Waals surface area contributed by atoms with Crippen LogP contribution in [0, 0.1) is 0 Å². The predicted molar refractivity (Wildman–Crippen MR) is 80.1 cm³/mol. The normalized spacial score (nSPS) is 10.7. The Hall–Kier alpha value is -2.01. The average Bonchev–Trinajstić information content (AvgIpc) is 2.88. The average molecular weight is 336 g/mol. The first-order chi connectivity index (χ1) is 9.74. The third kappa shape index (κ3) is 4.93. The number of hydrogen-bond acceptors (Lipinski definition) is 3. The van der Waals surface area contributed by atoms with Crippen molar-refractivity contribution in [3.05, 3.63) is 64.5 Å². The highest BCUT2D eigenvalue weighted by atomic mass is 79.9. The van der Waals surface area contributed by atoms with Gasteiger partial charge in [-0.2, -0.15) is 0 Å². The Balaban J connectivity index is 1.66. The molecular formula is C15H14BrNO3. The largest absolute Gasteiger partial charge is 0.450 e. The first-order valence-electron chi connectivity index (χ1n) is 6.10. The van der Waals surface area contributed by atoms with Gasteiger partial charge in [-0.05, 0) is 39.7 Å². The topological polar surface area (TPSA) is 51.5 Å². The molecule has 1 N–H and O–H groups in total. The molecule has 2 rings (SSSR count). The molecule has 4 nitrogen and oxygen atoms in total. The number of halogens is 1. The lowest BCUT2D eigenvalue weighted by Gasteiger charge is -2.04. The number of amides is 1. The van der Waals surface area contributed by atoms with Crippen molar-refractivity contribution in [2.24, 2.45) is 0 Å². The van der Waals surface area contributed by atoms with Crippen LogP contribution in [0.2, 0.25) is 0 Å². The van der Waals surface area contributed by atoms with Crippen molar-refractivity contribution < 1.29 is 13.9 Å². The van der Waals surface area contributed by atoms with E-state index in [1.165, 1.54) is 0 Å². The van der Waals surface area contributed by atoms with Crippen LogP contribution in [-0.4, -0.2) is 12.6 Å². The summed E-state index contributed by atoms with van der Waals surface area (Å²) in [5.41, 5.74) is 0.957. The van der Waals surface area contributed by atoms with Gasteiger partial charge in [0, 0.05) is 6.54 Å². The smallest absolute Gasteiger partial charge is 0.407 e. The molecule has 5 heteroatoms. The van der Waals surface area contributed by atoms with Crippen molar-refractivity contribution in [3.8, 4) is 0 Å². The van der Waals surface area contributed by atoms with E-state index >= 15 is 0 Å². The molecule has 1 aromatic heterocycles. The zero-order valence-electron chi connectivity index (χ0n) is 10.7. The molecule has 0 aliphatic heterocycles. The van der Waals surface area contributed by atoms with Crippen LogP contribution in [0.3, 0.4) is 0 Å². The summed E-state index contributed by atoms with van der Waals surface area (Å²) >= 11 is 3.22. The highest BCUT2D eigenvalue weighted by molar-refractivity contribution is 9.10. The monoisotopic (exact) mass is 335 g/mol. The van der Waals surface area contributed by atoms with Crippen LogP contribution in [0.4, 0.5) is 4.79 Å². The summed E-state index contributed by atoms with van der Waals surface area (Å²) < 4.78 is 11.0. The van der Waals surface area contributed by atoms with Gasteiger partial charge in [0.05, 0.1) is 0 Å². The molecule has 0 unspecified atom stereocenters. The lowest BCUT2D eigenvalue weighted by atomic mass is 10.2. The maximum Gasteiger partial charge on any atom is 0.407 e. The number of nitrogens with one attached hydrogen (secondary N) is 1. The fourth-order valence-corrected chi connectivity index (χ4v) is 1.83. The predicted octanol–water partition coefficient (Wildman–Crippen LogP) is 3.98. The van der Waals surface area contributed by atoms with Gasteiger partial charge in [0.15, 0.2) is 4.67 Å². The molecule has 2 aromatic rings. The molecular weight excluding hydrogens is 322 g/mol. The minimum absolute atomic E-state index is 0.265. The van der Waals surface area contributed by atoms with Gasteiger partial charge in [-0.1, -0.05) is 36.4 Å². The Kier molecular flexibility index (Phi) is 5.43. The minimum Gasteiger partial charge on any atom is -0.450 e. The zero-order valence-corrected chi connectivity index (χ0v) is 12.3. The van der Waals surface area contributed by atoms with Gasteiger partial charge in [0.1, 0.15) is 12.4 Å². The molecule has 1 amide bonds. The summed E-state index contributed by atoms with van der Waals surface area (Å²) in [6, 6.07) is 13.2. The molecule has 0 aliphatic carbocycles. The number of hydrogen-bond donors (Lipinski definition) is 1. The SMILES string of the molecule is O=C(NCC=Cc1ccc(Br)o1)OCc1ccccc1. The fraction of sp³-hybridized carbons (Fsp3) is 0.133. The van der Waals surface area contributed by atoms with Crippen molar-refractivity contribution in [1.29, 1.82) is 0 Å². The second-order valence-corrected chi connectivity index (χ2v) is 4.77. The van der Waals surface area contributed by atoms with Crippen LogP contribution in [-0.2, 0) is 11.3 Å². The molecule has 0 radical (unpaired) electrons. The molecule has 0 fully saturated rings. The van der Waals surface area contributed by atoms with Gasteiger partial charge >= 0.3 is 6.09 Å². The zero-order chi connectivity index (χ0) is 14.2. The van der Waals surface area contributed by atoms with Crippen molar-refractivity contribution in [2.75, 3.05) is 6.54 Å². The first-order valence-corrected chi connectivity index (χ1v) is 6.90. The van der Waals surface area contributed by atoms with Crippen LogP contribution >= 0.6 is 15.9 Å². The number of ether oxygens (including phenoxy) is 1. The second-order valence-electron chi connectivity index (χ2n) is 3.99. The van der Waals surface area contributed by atoms with Gasteiger partial charge in [0.25, 0.3) is 0 Å². The van der Waals surface area contributed by atoms with Gasteiger partial charge < -0.3 is 14.5 Å². The Morgan fingerprint density at radius 1 is 1.25 bits per heavy atom. The van der Waals surface area contributed by atoms with E-state index in [1.54, 1.807) is 18.2 Å². The quantitative estimate of drug-likeness (QED) is 0.898. The second kappa shape index (κ2) is 7.55.